The van der Waals surface area contributed by atoms with Gasteiger partial charge in [0, 0.05) is 34.9 Å². The van der Waals surface area contributed by atoms with E-state index < -0.39 is 0 Å². The second kappa shape index (κ2) is 5.92. The number of pyridine rings is 2. The number of anilines is 1. The summed E-state index contributed by atoms with van der Waals surface area (Å²) in [5.41, 5.74) is 3.27. The topological polar surface area (TPSA) is 37.8 Å². The van der Waals surface area contributed by atoms with Gasteiger partial charge in [0.2, 0.25) is 0 Å². The van der Waals surface area contributed by atoms with Crippen molar-refractivity contribution in [1.82, 2.24) is 9.97 Å². The number of benzene rings is 1. The minimum absolute atomic E-state index is 0.802. The Labute approximate surface area is 122 Å². The Morgan fingerprint density at radius 1 is 1.05 bits per heavy atom. The fourth-order valence-corrected chi connectivity index (χ4v) is 2.50. The van der Waals surface area contributed by atoms with Gasteiger partial charge in [0.15, 0.2) is 0 Å². The zero-order chi connectivity index (χ0) is 13.8. The van der Waals surface area contributed by atoms with E-state index in [0.717, 1.165) is 23.1 Å². The largest absolute Gasteiger partial charge is 0.380 e. The monoisotopic (exact) mass is 281 g/mol. The number of hydrogen-bond acceptors (Lipinski definition) is 4. The Morgan fingerprint density at radius 3 is 2.70 bits per heavy atom. The van der Waals surface area contributed by atoms with E-state index in [1.165, 1.54) is 10.5 Å². The Balaban J connectivity index is 1.79. The molecular weight excluding hydrogens is 266 g/mol. The molecule has 0 aliphatic heterocycles. The predicted molar refractivity (Wildman–Crippen MR) is 85.1 cm³/mol. The number of nitrogens with one attached hydrogen (secondary N) is 1. The molecule has 4 heteroatoms. The Hall–Kier alpha value is -2.07. The van der Waals surface area contributed by atoms with E-state index >= 15 is 0 Å². The van der Waals surface area contributed by atoms with Crippen LogP contribution in [0.5, 0.6) is 0 Å². The van der Waals surface area contributed by atoms with Gasteiger partial charge in [0.05, 0.1) is 11.7 Å². The highest BCUT2D eigenvalue weighted by Crippen LogP contribution is 2.21. The smallest absolute Gasteiger partial charge is 0.0905 e. The zero-order valence-corrected chi connectivity index (χ0v) is 12.0. The van der Waals surface area contributed by atoms with Crippen LogP contribution in [0.2, 0.25) is 0 Å². The van der Waals surface area contributed by atoms with Crippen LogP contribution in [-0.2, 0) is 6.54 Å². The molecule has 100 valence electrons. The predicted octanol–water partition coefficient (Wildman–Crippen LogP) is 3.96. The summed E-state index contributed by atoms with van der Waals surface area (Å²) in [6, 6.07) is 12.6. The van der Waals surface area contributed by atoms with Crippen molar-refractivity contribution in [3.8, 4) is 0 Å². The van der Waals surface area contributed by atoms with E-state index in [1.807, 2.05) is 18.3 Å². The lowest BCUT2D eigenvalue weighted by atomic mass is 10.2. The summed E-state index contributed by atoms with van der Waals surface area (Å²) < 4.78 is 0. The third-order valence-electron chi connectivity index (χ3n) is 3.19. The molecule has 20 heavy (non-hydrogen) atoms. The molecule has 2 heterocycles. The molecule has 0 atom stereocenters. The molecule has 0 bridgehead atoms. The van der Waals surface area contributed by atoms with Crippen molar-refractivity contribution >= 4 is 28.4 Å². The van der Waals surface area contributed by atoms with Crippen molar-refractivity contribution in [2.24, 2.45) is 0 Å². The first-order chi connectivity index (χ1) is 9.86. The summed E-state index contributed by atoms with van der Waals surface area (Å²) in [4.78, 5) is 9.70. The van der Waals surface area contributed by atoms with Crippen molar-refractivity contribution < 1.29 is 0 Å². The zero-order valence-electron chi connectivity index (χ0n) is 11.2. The SMILES string of the molecule is CSc1ccc(CNc2ccnc3cnccc23)cc1. The van der Waals surface area contributed by atoms with Crippen LogP contribution >= 0.6 is 11.8 Å². The average molecular weight is 281 g/mol. The lowest BCUT2D eigenvalue weighted by molar-refractivity contribution is 1.14. The van der Waals surface area contributed by atoms with Crippen LogP contribution in [0.25, 0.3) is 10.9 Å². The number of rotatable bonds is 4. The highest BCUT2D eigenvalue weighted by atomic mass is 32.2. The highest BCUT2D eigenvalue weighted by molar-refractivity contribution is 7.98. The molecule has 0 aliphatic rings. The molecular formula is C16H15N3S. The maximum Gasteiger partial charge on any atom is 0.0905 e. The second-order valence-corrected chi connectivity index (χ2v) is 5.33. The molecule has 1 aromatic carbocycles. The van der Waals surface area contributed by atoms with Crippen molar-refractivity contribution in [3.63, 3.8) is 0 Å². The number of nitrogens with zero attached hydrogens (tertiary/aromatic N) is 2. The van der Waals surface area contributed by atoms with Gasteiger partial charge in [-0.15, -0.1) is 11.8 Å². The Bertz CT molecular complexity index is 705. The molecule has 1 N–H and O–H groups in total. The van der Waals surface area contributed by atoms with Crippen LogP contribution in [0.15, 0.2) is 59.9 Å². The van der Waals surface area contributed by atoms with E-state index in [0.29, 0.717) is 0 Å². The third-order valence-corrected chi connectivity index (χ3v) is 3.93. The standard InChI is InChI=1S/C16H15N3S/c1-20-13-4-2-12(3-5-13)10-19-15-7-9-18-16-11-17-8-6-14(15)16/h2-9,11H,10H2,1H3,(H,18,19). The maximum absolute atomic E-state index is 4.31. The van der Waals surface area contributed by atoms with Crippen LogP contribution in [0, 0.1) is 0 Å². The number of thioether (sulfide) groups is 1. The summed E-state index contributed by atoms with van der Waals surface area (Å²) in [5, 5.41) is 4.57. The molecule has 3 aromatic rings. The normalized spacial score (nSPS) is 10.7. The lowest BCUT2D eigenvalue weighted by Gasteiger charge is -2.09. The highest BCUT2D eigenvalue weighted by Gasteiger charge is 2.01. The van der Waals surface area contributed by atoms with Gasteiger partial charge in [-0.2, -0.15) is 0 Å². The molecule has 3 nitrogen and oxygen atoms in total. The average Bonchev–Trinajstić information content (AvgIpc) is 2.53. The van der Waals surface area contributed by atoms with Crippen molar-refractivity contribution in [2.75, 3.05) is 11.6 Å². The first-order valence-electron chi connectivity index (χ1n) is 6.42. The number of hydrogen-bond donors (Lipinski definition) is 1. The van der Waals surface area contributed by atoms with Gasteiger partial charge < -0.3 is 5.32 Å². The lowest BCUT2D eigenvalue weighted by Crippen LogP contribution is -2.00. The summed E-state index contributed by atoms with van der Waals surface area (Å²) in [7, 11) is 0. The number of aromatic nitrogens is 2. The van der Waals surface area contributed by atoms with E-state index in [-0.39, 0.29) is 0 Å². The van der Waals surface area contributed by atoms with Gasteiger partial charge in [-0.3, -0.25) is 9.97 Å². The molecule has 0 unspecified atom stereocenters. The maximum atomic E-state index is 4.31. The molecule has 0 radical (unpaired) electrons. The summed E-state index contributed by atoms with van der Waals surface area (Å²) >= 11 is 1.76. The first-order valence-corrected chi connectivity index (χ1v) is 7.65. The van der Waals surface area contributed by atoms with Gasteiger partial charge in [0.1, 0.15) is 0 Å². The molecule has 0 saturated heterocycles. The third kappa shape index (κ3) is 2.75. The van der Waals surface area contributed by atoms with Crippen molar-refractivity contribution in [1.29, 1.82) is 0 Å². The fourth-order valence-electron chi connectivity index (χ4n) is 2.09. The van der Waals surface area contributed by atoms with Gasteiger partial charge in [0.25, 0.3) is 0 Å². The van der Waals surface area contributed by atoms with Crippen LogP contribution in [-0.4, -0.2) is 16.2 Å². The quantitative estimate of drug-likeness (QED) is 0.734. The van der Waals surface area contributed by atoms with Gasteiger partial charge in [-0.05, 0) is 36.1 Å². The molecule has 0 spiro atoms. The van der Waals surface area contributed by atoms with Crippen LogP contribution in [0.3, 0.4) is 0 Å². The van der Waals surface area contributed by atoms with Crippen molar-refractivity contribution in [2.45, 2.75) is 11.4 Å². The van der Waals surface area contributed by atoms with Crippen LogP contribution in [0.4, 0.5) is 5.69 Å². The first kappa shape index (κ1) is 12.9. The van der Waals surface area contributed by atoms with E-state index in [2.05, 4.69) is 45.8 Å². The van der Waals surface area contributed by atoms with E-state index in [9.17, 15) is 0 Å². The van der Waals surface area contributed by atoms with Crippen molar-refractivity contribution in [3.05, 3.63) is 60.6 Å². The minimum atomic E-state index is 0.802. The molecule has 0 fully saturated rings. The summed E-state index contributed by atoms with van der Waals surface area (Å²) in [6.45, 7) is 0.802. The van der Waals surface area contributed by atoms with Gasteiger partial charge in [-0.1, -0.05) is 12.1 Å². The minimum Gasteiger partial charge on any atom is -0.380 e. The molecule has 0 amide bonds. The Kier molecular flexibility index (Phi) is 3.83. The van der Waals surface area contributed by atoms with Crippen LogP contribution < -0.4 is 5.32 Å². The molecule has 3 rings (SSSR count). The summed E-state index contributed by atoms with van der Waals surface area (Å²) in [5.74, 6) is 0. The number of fused-ring (bicyclic) bond motifs is 1. The molecule has 0 saturated carbocycles. The molecule has 0 aliphatic carbocycles. The Morgan fingerprint density at radius 2 is 1.90 bits per heavy atom. The second-order valence-electron chi connectivity index (χ2n) is 4.45. The van der Waals surface area contributed by atoms with E-state index in [4.69, 9.17) is 0 Å². The van der Waals surface area contributed by atoms with Crippen LogP contribution in [0.1, 0.15) is 5.56 Å². The summed E-state index contributed by atoms with van der Waals surface area (Å²) in [6.07, 6.45) is 7.48. The van der Waals surface area contributed by atoms with E-state index in [1.54, 1.807) is 24.2 Å². The van der Waals surface area contributed by atoms with Gasteiger partial charge >= 0.3 is 0 Å². The fraction of sp³-hybridized carbons (Fsp3) is 0.125. The van der Waals surface area contributed by atoms with Gasteiger partial charge in [-0.25, -0.2) is 0 Å². The molecule has 2 aromatic heterocycles.